The first-order valence-corrected chi connectivity index (χ1v) is 14.8. The highest BCUT2D eigenvalue weighted by atomic mass is 79.9. The van der Waals surface area contributed by atoms with Crippen molar-refractivity contribution in [3.8, 4) is 17.6 Å². The molecule has 0 saturated carbocycles. The summed E-state index contributed by atoms with van der Waals surface area (Å²) in [5.74, 6) is 4.15. The normalized spacial score (nSPS) is 14.2. The van der Waals surface area contributed by atoms with E-state index in [2.05, 4.69) is 32.8 Å². The maximum atomic E-state index is 13.4. The van der Waals surface area contributed by atoms with Crippen molar-refractivity contribution in [2.24, 2.45) is 0 Å². The third kappa shape index (κ3) is 8.54. The van der Waals surface area contributed by atoms with Gasteiger partial charge in [0, 0.05) is 25.0 Å². The summed E-state index contributed by atoms with van der Waals surface area (Å²) in [7, 11) is 1.54. The Morgan fingerprint density at radius 2 is 1.95 bits per heavy atom. The molecule has 0 radical (unpaired) electrons. The molecule has 2 aromatic rings. The standard InChI is InChI=1S/C27H32BrN3O5S.C2H6/c1-27(2,3)31(12-9-7-5-6-8-10-19-16-29-17-37-19)25(33)24(32)30-13-11-18-14-22(36-4)21(28)15-20(18)23(30)26(34)35;1-2/h14-17,23H,5-7,9,11-13H2,1-4H3,(H,34,35);1-2H3. The van der Waals surface area contributed by atoms with Crippen molar-refractivity contribution in [3.63, 3.8) is 0 Å². The smallest absolute Gasteiger partial charge is 0.331 e. The lowest BCUT2D eigenvalue weighted by molar-refractivity contribution is -0.160. The van der Waals surface area contributed by atoms with E-state index in [-0.39, 0.29) is 6.54 Å². The number of carbonyl (C=O) groups excluding carboxylic acids is 2. The van der Waals surface area contributed by atoms with Crippen molar-refractivity contribution in [1.82, 2.24) is 14.8 Å². The number of carboxylic acids is 1. The van der Waals surface area contributed by atoms with E-state index >= 15 is 0 Å². The van der Waals surface area contributed by atoms with E-state index in [1.807, 2.05) is 34.6 Å². The number of rotatable bonds is 7. The van der Waals surface area contributed by atoms with Crippen LogP contribution in [0.1, 0.15) is 82.3 Å². The number of methoxy groups -OCH3 is 1. The number of nitrogens with zero attached hydrogens (tertiary/aromatic N) is 3. The molecule has 2 amide bonds. The lowest BCUT2D eigenvalue weighted by atomic mass is 9.92. The van der Waals surface area contributed by atoms with Gasteiger partial charge in [0.25, 0.3) is 0 Å². The Morgan fingerprint density at radius 3 is 2.54 bits per heavy atom. The molecule has 1 unspecified atom stereocenters. The van der Waals surface area contributed by atoms with Crippen LogP contribution in [0.25, 0.3) is 0 Å². The Kier molecular flexibility index (Phi) is 12.5. The van der Waals surface area contributed by atoms with E-state index in [1.54, 1.807) is 28.7 Å². The Bertz CT molecular complexity index is 1200. The molecule has 2 heterocycles. The fourth-order valence-electron chi connectivity index (χ4n) is 4.33. The number of benzene rings is 1. The van der Waals surface area contributed by atoms with Crippen molar-refractivity contribution in [3.05, 3.63) is 44.3 Å². The zero-order valence-corrected chi connectivity index (χ0v) is 25.9. The summed E-state index contributed by atoms with van der Waals surface area (Å²) in [5, 5.41) is 10.0. The molecule has 0 aliphatic carbocycles. The van der Waals surface area contributed by atoms with Crippen LogP contribution in [0.5, 0.6) is 5.75 Å². The first kappa shape index (κ1) is 32.3. The van der Waals surface area contributed by atoms with Gasteiger partial charge >= 0.3 is 17.8 Å². The number of fused-ring (bicyclic) bond motifs is 1. The molecular weight excluding hydrogens is 582 g/mol. The van der Waals surface area contributed by atoms with Crippen LogP contribution in [0.2, 0.25) is 0 Å². The van der Waals surface area contributed by atoms with Gasteiger partial charge in [-0.15, -0.1) is 11.3 Å². The van der Waals surface area contributed by atoms with Gasteiger partial charge in [-0.3, -0.25) is 14.6 Å². The molecule has 10 heteroatoms. The molecule has 1 aliphatic rings. The minimum absolute atomic E-state index is 0.135. The fourth-order valence-corrected chi connectivity index (χ4v) is 5.34. The third-order valence-electron chi connectivity index (χ3n) is 6.20. The summed E-state index contributed by atoms with van der Waals surface area (Å²) in [6, 6.07) is 2.19. The maximum Gasteiger partial charge on any atom is 0.331 e. The van der Waals surface area contributed by atoms with E-state index in [0.717, 1.165) is 36.1 Å². The van der Waals surface area contributed by atoms with Crippen molar-refractivity contribution in [1.29, 1.82) is 0 Å². The van der Waals surface area contributed by atoms with Crippen molar-refractivity contribution in [2.75, 3.05) is 20.2 Å². The number of halogens is 1. The molecule has 1 aromatic heterocycles. The second-order valence-electron chi connectivity index (χ2n) is 9.78. The molecule has 0 fully saturated rings. The number of ether oxygens (including phenoxy) is 1. The van der Waals surface area contributed by atoms with Gasteiger partial charge in [-0.25, -0.2) is 4.79 Å². The number of carboxylic acid groups (broad SMARTS) is 1. The number of aromatic nitrogens is 1. The van der Waals surface area contributed by atoms with Gasteiger partial charge in [-0.1, -0.05) is 32.1 Å². The molecule has 1 aromatic carbocycles. The molecule has 1 atom stereocenters. The van der Waals surface area contributed by atoms with E-state index in [1.165, 1.54) is 23.3 Å². The quantitative estimate of drug-likeness (QED) is 0.243. The number of thiazole rings is 1. The molecule has 0 spiro atoms. The lowest BCUT2D eigenvalue weighted by Gasteiger charge is -2.39. The minimum Gasteiger partial charge on any atom is -0.496 e. The van der Waals surface area contributed by atoms with Crippen LogP contribution in [0.15, 0.2) is 28.3 Å². The van der Waals surface area contributed by atoms with Crippen LogP contribution in [0, 0.1) is 11.8 Å². The Morgan fingerprint density at radius 1 is 1.23 bits per heavy atom. The molecule has 8 nitrogen and oxygen atoms in total. The van der Waals surface area contributed by atoms with Gasteiger partial charge in [0.05, 0.1) is 28.2 Å². The van der Waals surface area contributed by atoms with E-state index < -0.39 is 29.4 Å². The maximum absolute atomic E-state index is 13.4. The van der Waals surface area contributed by atoms with Gasteiger partial charge in [-0.05, 0) is 79.2 Å². The Hall–Kier alpha value is -2.90. The van der Waals surface area contributed by atoms with Gasteiger partial charge < -0.3 is 19.6 Å². The summed E-state index contributed by atoms with van der Waals surface area (Å²) in [6.45, 7) is 10.2. The van der Waals surface area contributed by atoms with Crippen LogP contribution in [-0.4, -0.2) is 63.4 Å². The van der Waals surface area contributed by atoms with Gasteiger partial charge in [-0.2, -0.15) is 0 Å². The number of carbonyl (C=O) groups is 3. The predicted octanol–water partition coefficient (Wildman–Crippen LogP) is 5.69. The van der Waals surface area contributed by atoms with Gasteiger partial charge in [0.15, 0.2) is 6.04 Å². The van der Waals surface area contributed by atoms with Crippen molar-refractivity contribution >= 4 is 45.1 Å². The van der Waals surface area contributed by atoms with Gasteiger partial charge in [0.2, 0.25) is 0 Å². The summed E-state index contributed by atoms with van der Waals surface area (Å²) in [4.78, 5) is 46.8. The largest absolute Gasteiger partial charge is 0.496 e. The molecular formula is C29H38BrN3O5S. The third-order valence-corrected chi connectivity index (χ3v) is 7.51. The lowest BCUT2D eigenvalue weighted by Crippen LogP contribution is -2.55. The molecule has 1 aliphatic heterocycles. The van der Waals surface area contributed by atoms with Gasteiger partial charge in [0.1, 0.15) is 5.75 Å². The molecule has 3 rings (SSSR count). The van der Waals surface area contributed by atoms with Crippen LogP contribution in [-0.2, 0) is 20.8 Å². The first-order chi connectivity index (χ1) is 18.5. The second-order valence-corrected chi connectivity index (χ2v) is 11.5. The number of unbranched alkanes of at least 4 members (excludes halogenated alkanes) is 3. The number of amides is 2. The zero-order valence-electron chi connectivity index (χ0n) is 23.5. The molecule has 0 bridgehead atoms. The number of hydrogen-bond acceptors (Lipinski definition) is 6. The topological polar surface area (TPSA) is 100 Å². The molecule has 0 saturated heterocycles. The predicted molar refractivity (Wildman–Crippen MR) is 157 cm³/mol. The van der Waals surface area contributed by atoms with Crippen molar-refractivity contribution in [2.45, 2.75) is 78.3 Å². The molecule has 39 heavy (non-hydrogen) atoms. The Balaban J connectivity index is 0.00000260. The summed E-state index contributed by atoms with van der Waals surface area (Å²) in [5.41, 5.74) is 2.42. The summed E-state index contributed by atoms with van der Waals surface area (Å²) in [6.07, 6.45) is 5.38. The van der Waals surface area contributed by atoms with E-state index in [9.17, 15) is 19.5 Å². The Labute approximate surface area is 243 Å². The van der Waals surface area contributed by atoms with Crippen LogP contribution in [0.4, 0.5) is 0 Å². The average Bonchev–Trinajstić information content (AvgIpc) is 3.42. The first-order valence-electron chi connectivity index (χ1n) is 13.1. The van der Waals surface area contributed by atoms with Crippen molar-refractivity contribution < 1.29 is 24.2 Å². The minimum atomic E-state index is -1.25. The highest BCUT2D eigenvalue weighted by Gasteiger charge is 2.41. The highest BCUT2D eigenvalue weighted by Crippen LogP contribution is 2.37. The monoisotopic (exact) mass is 619 g/mol. The van der Waals surface area contributed by atoms with Crippen LogP contribution >= 0.6 is 27.3 Å². The highest BCUT2D eigenvalue weighted by molar-refractivity contribution is 9.10. The summed E-state index contributed by atoms with van der Waals surface area (Å²) >= 11 is 4.91. The SMILES string of the molecule is CC.COc1cc2c(cc1Br)C(C(=O)O)N(C(=O)C(=O)N(CCCCCC#Cc1cncs1)C(C)(C)C)CC2. The number of hydrogen-bond donors (Lipinski definition) is 1. The van der Waals surface area contributed by atoms with E-state index in [0.29, 0.717) is 28.8 Å². The number of aliphatic carboxylic acids is 1. The average molecular weight is 621 g/mol. The fraction of sp³-hybridized carbons (Fsp3) is 0.517. The summed E-state index contributed by atoms with van der Waals surface area (Å²) < 4.78 is 5.92. The molecule has 212 valence electrons. The van der Waals surface area contributed by atoms with Crippen LogP contribution in [0.3, 0.4) is 0 Å². The second kappa shape index (κ2) is 15.0. The zero-order chi connectivity index (χ0) is 29.2. The van der Waals surface area contributed by atoms with Crippen LogP contribution < -0.4 is 4.74 Å². The van der Waals surface area contributed by atoms with E-state index in [4.69, 9.17) is 4.74 Å². The molecule has 1 N–H and O–H groups in total.